The third-order valence-electron chi connectivity index (χ3n) is 4.25. The molecule has 0 radical (unpaired) electrons. The van der Waals surface area contributed by atoms with E-state index in [0.29, 0.717) is 13.1 Å². The molecule has 0 bridgehead atoms. The molecule has 1 aliphatic rings. The highest BCUT2D eigenvalue weighted by Crippen LogP contribution is 2.25. The summed E-state index contributed by atoms with van der Waals surface area (Å²) in [7, 11) is 0. The van der Waals surface area contributed by atoms with Crippen molar-refractivity contribution in [3.63, 3.8) is 0 Å². The quantitative estimate of drug-likeness (QED) is 0.524. The van der Waals surface area contributed by atoms with Crippen molar-refractivity contribution in [3.05, 3.63) is 64.2 Å². The third-order valence-corrected chi connectivity index (χ3v) is 4.25. The second kappa shape index (κ2) is 7.21. The maximum atomic E-state index is 12.6. The number of hydrogen-bond acceptors (Lipinski definition) is 5. The molecule has 3 rings (SSSR count). The van der Waals surface area contributed by atoms with Crippen LogP contribution in [0.15, 0.2) is 48.5 Å². The van der Waals surface area contributed by atoms with Gasteiger partial charge in [-0.15, -0.1) is 0 Å². The van der Waals surface area contributed by atoms with Gasteiger partial charge in [0.25, 0.3) is 11.6 Å². The SMILES string of the molecule is Nc1ccc(C(=O)N2CCC(Oc3ccccc3)CC2)cc1[N+](=O)[O-]. The molecule has 1 heterocycles. The van der Waals surface area contributed by atoms with Gasteiger partial charge in [0.05, 0.1) is 4.92 Å². The average Bonchev–Trinajstić information content (AvgIpc) is 2.63. The Hall–Kier alpha value is -3.09. The Balaban J connectivity index is 1.62. The molecule has 7 nitrogen and oxygen atoms in total. The first kappa shape index (κ1) is 16.8. The number of ether oxygens (including phenoxy) is 1. The molecule has 0 unspecified atom stereocenters. The van der Waals surface area contributed by atoms with Crippen molar-refractivity contribution < 1.29 is 14.5 Å². The van der Waals surface area contributed by atoms with Crippen LogP contribution in [0.5, 0.6) is 5.75 Å². The zero-order valence-corrected chi connectivity index (χ0v) is 13.6. The van der Waals surface area contributed by atoms with Gasteiger partial charge >= 0.3 is 0 Å². The van der Waals surface area contributed by atoms with E-state index in [-0.39, 0.29) is 28.9 Å². The molecule has 2 N–H and O–H groups in total. The summed E-state index contributed by atoms with van der Waals surface area (Å²) in [5.41, 5.74) is 5.67. The highest BCUT2D eigenvalue weighted by molar-refractivity contribution is 5.95. The van der Waals surface area contributed by atoms with Crippen LogP contribution in [0.2, 0.25) is 0 Å². The van der Waals surface area contributed by atoms with Gasteiger partial charge in [-0.25, -0.2) is 0 Å². The van der Waals surface area contributed by atoms with Gasteiger partial charge < -0.3 is 15.4 Å². The first-order chi connectivity index (χ1) is 12.0. The second-order valence-electron chi connectivity index (χ2n) is 5.95. The van der Waals surface area contributed by atoms with E-state index in [4.69, 9.17) is 10.5 Å². The van der Waals surface area contributed by atoms with E-state index >= 15 is 0 Å². The summed E-state index contributed by atoms with van der Waals surface area (Å²) in [5.74, 6) is 0.600. The number of anilines is 1. The predicted octanol–water partition coefficient (Wildman–Crippen LogP) is 2.86. The van der Waals surface area contributed by atoms with Crippen LogP contribution in [0, 0.1) is 10.1 Å². The molecule has 2 aromatic carbocycles. The summed E-state index contributed by atoms with van der Waals surface area (Å²) in [5, 5.41) is 11.0. The minimum atomic E-state index is -0.577. The first-order valence-electron chi connectivity index (χ1n) is 8.09. The molecule has 1 fully saturated rings. The molecule has 0 saturated carbocycles. The standard InChI is InChI=1S/C18H19N3O4/c19-16-7-6-13(12-17(16)21(23)24)18(22)20-10-8-15(9-11-20)25-14-4-2-1-3-5-14/h1-7,12,15H,8-11,19H2. The molecule has 2 aromatic rings. The fraction of sp³-hybridized carbons (Fsp3) is 0.278. The lowest BCUT2D eigenvalue weighted by Gasteiger charge is -2.32. The van der Waals surface area contributed by atoms with Crippen molar-refractivity contribution >= 4 is 17.3 Å². The normalized spacial score (nSPS) is 15.0. The Kier molecular flexibility index (Phi) is 4.83. The molecular weight excluding hydrogens is 322 g/mol. The number of carbonyl (C=O) groups is 1. The highest BCUT2D eigenvalue weighted by atomic mass is 16.6. The lowest BCUT2D eigenvalue weighted by molar-refractivity contribution is -0.383. The molecule has 1 amide bonds. The summed E-state index contributed by atoms with van der Waals surface area (Å²) in [6, 6.07) is 13.7. The molecule has 130 valence electrons. The maximum absolute atomic E-state index is 12.6. The van der Waals surface area contributed by atoms with Crippen LogP contribution in [-0.2, 0) is 0 Å². The van der Waals surface area contributed by atoms with Crippen molar-refractivity contribution in [3.8, 4) is 5.75 Å². The smallest absolute Gasteiger partial charge is 0.292 e. The largest absolute Gasteiger partial charge is 0.490 e. The predicted molar refractivity (Wildman–Crippen MR) is 93.5 cm³/mol. The van der Waals surface area contributed by atoms with E-state index in [9.17, 15) is 14.9 Å². The fourth-order valence-electron chi connectivity index (χ4n) is 2.89. The lowest BCUT2D eigenvalue weighted by atomic mass is 10.1. The van der Waals surface area contributed by atoms with Gasteiger partial charge in [-0.05, 0) is 24.3 Å². The van der Waals surface area contributed by atoms with Crippen LogP contribution < -0.4 is 10.5 Å². The molecule has 1 saturated heterocycles. The second-order valence-corrected chi connectivity index (χ2v) is 5.95. The van der Waals surface area contributed by atoms with Crippen molar-refractivity contribution in [1.29, 1.82) is 0 Å². The molecule has 1 aliphatic heterocycles. The van der Waals surface area contributed by atoms with E-state index in [1.54, 1.807) is 4.90 Å². The van der Waals surface area contributed by atoms with Gasteiger partial charge in [-0.1, -0.05) is 18.2 Å². The summed E-state index contributed by atoms with van der Waals surface area (Å²) in [6.45, 7) is 1.10. The van der Waals surface area contributed by atoms with Crippen LogP contribution >= 0.6 is 0 Å². The lowest BCUT2D eigenvalue weighted by Crippen LogP contribution is -2.41. The molecule has 25 heavy (non-hydrogen) atoms. The molecule has 0 spiro atoms. The van der Waals surface area contributed by atoms with E-state index in [1.807, 2.05) is 30.3 Å². The number of nitrogens with two attached hydrogens (primary N) is 1. The monoisotopic (exact) mass is 341 g/mol. The van der Waals surface area contributed by atoms with Crippen LogP contribution in [0.25, 0.3) is 0 Å². The molecule has 0 aliphatic carbocycles. The average molecular weight is 341 g/mol. The number of amides is 1. The topological polar surface area (TPSA) is 98.7 Å². The van der Waals surface area contributed by atoms with Crippen molar-refractivity contribution in [1.82, 2.24) is 4.90 Å². The van der Waals surface area contributed by atoms with Gasteiger partial charge in [-0.2, -0.15) is 0 Å². The van der Waals surface area contributed by atoms with Gasteiger partial charge in [0.2, 0.25) is 0 Å². The van der Waals surface area contributed by atoms with Gasteiger partial charge in [0.1, 0.15) is 17.5 Å². The third kappa shape index (κ3) is 3.88. The Morgan fingerprint density at radius 3 is 2.48 bits per heavy atom. The maximum Gasteiger partial charge on any atom is 0.292 e. The summed E-state index contributed by atoms with van der Waals surface area (Å²) < 4.78 is 5.91. The first-order valence-corrected chi connectivity index (χ1v) is 8.09. The van der Waals surface area contributed by atoms with Crippen LogP contribution in [0.1, 0.15) is 23.2 Å². The molecule has 7 heteroatoms. The number of hydrogen-bond donors (Lipinski definition) is 1. The Morgan fingerprint density at radius 2 is 1.84 bits per heavy atom. The molecule has 0 aromatic heterocycles. The Morgan fingerprint density at radius 1 is 1.16 bits per heavy atom. The highest BCUT2D eigenvalue weighted by Gasteiger charge is 2.26. The van der Waals surface area contributed by atoms with Gasteiger partial charge in [-0.3, -0.25) is 14.9 Å². The van der Waals surface area contributed by atoms with Gasteiger partial charge in [0.15, 0.2) is 0 Å². The minimum absolute atomic E-state index is 0.0523. The number of nitro benzene ring substituents is 1. The van der Waals surface area contributed by atoms with Crippen molar-refractivity contribution in [2.75, 3.05) is 18.8 Å². The van der Waals surface area contributed by atoms with Crippen molar-refractivity contribution in [2.45, 2.75) is 18.9 Å². The van der Waals surface area contributed by atoms with E-state index in [2.05, 4.69) is 0 Å². The number of piperidine rings is 1. The summed E-state index contributed by atoms with van der Waals surface area (Å²) in [4.78, 5) is 24.7. The number of nitrogen functional groups attached to an aromatic ring is 1. The summed E-state index contributed by atoms with van der Waals surface area (Å²) >= 11 is 0. The number of carbonyl (C=O) groups excluding carboxylic acids is 1. The number of nitrogens with zero attached hydrogens (tertiary/aromatic N) is 2. The van der Waals surface area contributed by atoms with Crippen LogP contribution in [0.3, 0.4) is 0 Å². The number of rotatable bonds is 4. The van der Waals surface area contributed by atoms with E-state index in [1.165, 1.54) is 18.2 Å². The number of benzene rings is 2. The molecular formula is C18H19N3O4. The van der Waals surface area contributed by atoms with E-state index < -0.39 is 4.92 Å². The number of likely N-dealkylation sites (tertiary alicyclic amines) is 1. The fourth-order valence-corrected chi connectivity index (χ4v) is 2.89. The molecule has 0 atom stereocenters. The number of para-hydroxylation sites is 1. The Bertz CT molecular complexity index is 771. The van der Waals surface area contributed by atoms with Gasteiger partial charge in [0, 0.05) is 37.6 Å². The zero-order chi connectivity index (χ0) is 17.8. The number of nitro groups is 1. The van der Waals surface area contributed by atoms with E-state index in [0.717, 1.165) is 18.6 Å². The van der Waals surface area contributed by atoms with Crippen molar-refractivity contribution in [2.24, 2.45) is 0 Å². The minimum Gasteiger partial charge on any atom is -0.490 e. The summed E-state index contributed by atoms with van der Waals surface area (Å²) in [6.07, 6.45) is 1.50. The van der Waals surface area contributed by atoms with Crippen LogP contribution in [-0.4, -0.2) is 34.9 Å². The zero-order valence-electron chi connectivity index (χ0n) is 13.6. The van der Waals surface area contributed by atoms with Crippen LogP contribution in [0.4, 0.5) is 11.4 Å². The Labute approximate surface area is 145 Å².